The quantitative estimate of drug-likeness (QED) is 0.388. The standard InChI is InChI=1S/C23H31NO2/c1-2-26-23(25)17-11-3-4-12-18-24(19-21-13-7-5-8-14-21)20-22-15-9-6-10-16-22/h5-10,13-16H,2-4,11-12,17-20H2,1H3. The lowest BCUT2D eigenvalue weighted by atomic mass is 10.1. The molecule has 0 fully saturated rings. The van der Waals surface area contributed by atoms with Gasteiger partial charge in [-0.1, -0.05) is 73.5 Å². The van der Waals surface area contributed by atoms with E-state index in [-0.39, 0.29) is 5.97 Å². The number of carbonyl (C=O) groups excluding carboxylic acids is 1. The highest BCUT2D eigenvalue weighted by Crippen LogP contribution is 2.12. The molecule has 2 aromatic rings. The molecule has 0 heterocycles. The lowest BCUT2D eigenvalue weighted by Gasteiger charge is -2.22. The number of unbranched alkanes of at least 4 members (excludes halogenated alkanes) is 3. The van der Waals surface area contributed by atoms with E-state index in [1.807, 2.05) is 6.92 Å². The molecule has 0 saturated carbocycles. The number of carbonyl (C=O) groups is 1. The Morgan fingerprint density at radius 2 is 1.35 bits per heavy atom. The number of hydrogen-bond acceptors (Lipinski definition) is 3. The van der Waals surface area contributed by atoms with Gasteiger partial charge >= 0.3 is 5.97 Å². The monoisotopic (exact) mass is 353 g/mol. The second-order valence-corrected chi connectivity index (χ2v) is 6.65. The van der Waals surface area contributed by atoms with Crippen LogP contribution in [0, 0.1) is 0 Å². The minimum Gasteiger partial charge on any atom is -0.466 e. The van der Waals surface area contributed by atoms with Crippen molar-refractivity contribution >= 4 is 5.97 Å². The smallest absolute Gasteiger partial charge is 0.305 e. The van der Waals surface area contributed by atoms with E-state index < -0.39 is 0 Å². The van der Waals surface area contributed by atoms with Gasteiger partial charge in [0.05, 0.1) is 6.61 Å². The number of benzene rings is 2. The number of hydrogen-bond donors (Lipinski definition) is 0. The molecule has 0 aliphatic rings. The molecule has 0 unspecified atom stereocenters. The summed E-state index contributed by atoms with van der Waals surface area (Å²) < 4.78 is 4.97. The highest BCUT2D eigenvalue weighted by molar-refractivity contribution is 5.69. The Morgan fingerprint density at radius 3 is 1.88 bits per heavy atom. The van der Waals surface area contributed by atoms with E-state index in [0.717, 1.165) is 45.3 Å². The highest BCUT2D eigenvalue weighted by atomic mass is 16.5. The van der Waals surface area contributed by atoms with Crippen LogP contribution in [0.3, 0.4) is 0 Å². The van der Waals surface area contributed by atoms with Gasteiger partial charge in [0.15, 0.2) is 0 Å². The maximum absolute atomic E-state index is 11.4. The first kappa shape index (κ1) is 20.2. The summed E-state index contributed by atoms with van der Waals surface area (Å²) in [6, 6.07) is 21.3. The maximum Gasteiger partial charge on any atom is 0.305 e. The van der Waals surface area contributed by atoms with Gasteiger partial charge in [-0.05, 0) is 37.4 Å². The Labute approximate surface area is 158 Å². The molecule has 0 bridgehead atoms. The van der Waals surface area contributed by atoms with Gasteiger partial charge in [-0.3, -0.25) is 9.69 Å². The zero-order chi connectivity index (χ0) is 18.5. The van der Waals surface area contributed by atoms with Crippen molar-refractivity contribution in [3.05, 3.63) is 71.8 Å². The normalized spacial score (nSPS) is 10.8. The van der Waals surface area contributed by atoms with Crippen molar-refractivity contribution in [1.82, 2.24) is 4.90 Å². The summed E-state index contributed by atoms with van der Waals surface area (Å²) in [5.41, 5.74) is 2.71. The molecule has 3 nitrogen and oxygen atoms in total. The third-order valence-corrected chi connectivity index (χ3v) is 4.41. The van der Waals surface area contributed by atoms with Crippen molar-refractivity contribution in [2.45, 2.75) is 52.1 Å². The first-order valence-corrected chi connectivity index (χ1v) is 9.73. The van der Waals surface area contributed by atoms with Crippen molar-refractivity contribution in [2.75, 3.05) is 13.2 Å². The van der Waals surface area contributed by atoms with E-state index in [0.29, 0.717) is 13.0 Å². The molecule has 0 aliphatic heterocycles. The molecular formula is C23H31NO2. The molecule has 140 valence electrons. The fourth-order valence-corrected chi connectivity index (χ4v) is 3.09. The van der Waals surface area contributed by atoms with E-state index in [4.69, 9.17) is 4.74 Å². The Morgan fingerprint density at radius 1 is 0.808 bits per heavy atom. The highest BCUT2D eigenvalue weighted by Gasteiger charge is 2.07. The summed E-state index contributed by atoms with van der Waals surface area (Å²) in [5, 5.41) is 0. The van der Waals surface area contributed by atoms with E-state index in [9.17, 15) is 4.79 Å². The van der Waals surface area contributed by atoms with Gasteiger partial charge in [-0.15, -0.1) is 0 Å². The molecule has 2 aromatic carbocycles. The van der Waals surface area contributed by atoms with Crippen molar-refractivity contribution in [3.8, 4) is 0 Å². The van der Waals surface area contributed by atoms with E-state index in [1.54, 1.807) is 0 Å². The van der Waals surface area contributed by atoms with Crippen molar-refractivity contribution in [1.29, 1.82) is 0 Å². The zero-order valence-corrected chi connectivity index (χ0v) is 15.9. The molecule has 0 saturated heterocycles. The van der Waals surface area contributed by atoms with Gasteiger partial charge in [-0.2, -0.15) is 0 Å². The summed E-state index contributed by atoms with van der Waals surface area (Å²) in [7, 11) is 0. The van der Waals surface area contributed by atoms with Crippen LogP contribution in [0.2, 0.25) is 0 Å². The van der Waals surface area contributed by atoms with Gasteiger partial charge < -0.3 is 4.74 Å². The summed E-state index contributed by atoms with van der Waals surface area (Å²) in [4.78, 5) is 13.9. The average Bonchev–Trinajstić information content (AvgIpc) is 2.66. The second-order valence-electron chi connectivity index (χ2n) is 6.65. The van der Waals surface area contributed by atoms with E-state index in [2.05, 4.69) is 65.6 Å². The van der Waals surface area contributed by atoms with Crippen LogP contribution in [0.15, 0.2) is 60.7 Å². The topological polar surface area (TPSA) is 29.5 Å². The minimum absolute atomic E-state index is 0.0673. The largest absolute Gasteiger partial charge is 0.466 e. The fourth-order valence-electron chi connectivity index (χ4n) is 3.09. The van der Waals surface area contributed by atoms with Crippen LogP contribution in [0.4, 0.5) is 0 Å². The predicted molar refractivity (Wildman–Crippen MR) is 107 cm³/mol. The van der Waals surface area contributed by atoms with Gasteiger partial charge in [0.2, 0.25) is 0 Å². The number of ether oxygens (including phenoxy) is 1. The van der Waals surface area contributed by atoms with Crippen LogP contribution in [0.5, 0.6) is 0 Å². The third kappa shape index (κ3) is 8.30. The molecule has 0 amide bonds. The molecule has 0 spiro atoms. The van der Waals surface area contributed by atoms with Crippen LogP contribution in [-0.2, 0) is 22.6 Å². The number of esters is 1. The van der Waals surface area contributed by atoms with Crippen LogP contribution >= 0.6 is 0 Å². The van der Waals surface area contributed by atoms with E-state index >= 15 is 0 Å². The van der Waals surface area contributed by atoms with Crippen LogP contribution < -0.4 is 0 Å². The molecule has 0 aromatic heterocycles. The van der Waals surface area contributed by atoms with Crippen molar-refractivity contribution < 1.29 is 9.53 Å². The van der Waals surface area contributed by atoms with Crippen LogP contribution in [-0.4, -0.2) is 24.0 Å². The molecule has 0 N–H and O–H groups in total. The lowest BCUT2D eigenvalue weighted by molar-refractivity contribution is -0.143. The van der Waals surface area contributed by atoms with Crippen molar-refractivity contribution in [3.63, 3.8) is 0 Å². The summed E-state index contributed by atoms with van der Waals surface area (Å²) in [6.07, 6.45) is 4.87. The second kappa shape index (κ2) is 12.3. The van der Waals surface area contributed by atoms with Gasteiger partial charge in [-0.25, -0.2) is 0 Å². The number of rotatable bonds is 12. The Kier molecular flexibility index (Phi) is 9.52. The van der Waals surface area contributed by atoms with Crippen molar-refractivity contribution in [2.24, 2.45) is 0 Å². The Bertz CT molecular complexity index is 571. The fraction of sp³-hybridized carbons (Fsp3) is 0.435. The first-order chi connectivity index (χ1) is 12.8. The molecule has 0 atom stereocenters. The van der Waals surface area contributed by atoms with Gasteiger partial charge in [0, 0.05) is 19.5 Å². The molecule has 0 radical (unpaired) electrons. The van der Waals surface area contributed by atoms with Gasteiger partial charge in [0.25, 0.3) is 0 Å². The van der Waals surface area contributed by atoms with Crippen LogP contribution in [0.25, 0.3) is 0 Å². The molecule has 2 rings (SSSR count). The van der Waals surface area contributed by atoms with Crippen LogP contribution in [0.1, 0.15) is 50.2 Å². The Hall–Kier alpha value is -2.13. The Balaban J connectivity index is 1.75. The third-order valence-electron chi connectivity index (χ3n) is 4.41. The molecule has 3 heteroatoms. The predicted octanol–water partition coefficient (Wildman–Crippen LogP) is 5.20. The summed E-state index contributed by atoms with van der Waals surface area (Å²) >= 11 is 0. The summed E-state index contributed by atoms with van der Waals surface area (Å²) in [6.45, 7) is 5.35. The average molecular weight is 354 g/mol. The minimum atomic E-state index is -0.0673. The molecular weight excluding hydrogens is 322 g/mol. The van der Waals surface area contributed by atoms with E-state index in [1.165, 1.54) is 11.1 Å². The van der Waals surface area contributed by atoms with Gasteiger partial charge in [0.1, 0.15) is 0 Å². The zero-order valence-electron chi connectivity index (χ0n) is 15.9. The maximum atomic E-state index is 11.4. The molecule has 26 heavy (non-hydrogen) atoms. The summed E-state index contributed by atoms with van der Waals surface area (Å²) in [5.74, 6) is -0.0673. The lowest BCUT2D eigenvalue weighted by Crippen LogP contribution is -2.24. The SMILES string of the molecule is CCOC(=O)CCCCCCN(Cc1ccccc1)Cc1ccccc1. The molecule has 0 aliphatic carbocycles. The number of nitrogens with zero attached hydrogens (tertiary/aromatic N) is 1. The first-order valence-electron chi connectivity index (χ1n) is 9.73.